The van der Waals surface area contributed by atoms with Gasteiger partial charge in [-0.1, -0.05) is 185 Å². The number of fused-ring (bicyclic) bond motifs is 3. The summed E-state index contributed by atoms with van der Waals surface area (Å²) in [6.07, 6.45) is 31.5. The molecule has 1 aliphatic rings. The van der Waals surface area contributed by atoms with Crippen LogP contribution in [0.2, 0.25) is 0 Å². The van der Waals surface area contributed by atoms with Crippen molar-refractivity contribution in [3.8, 4) is 33.8 Å². The van der Waals surface area contributed by atoms with Crippen molar-refractivity contribution in [1.82, 2.24) is 0 Å². The monoisotopic (exact) mass is 897 g/mol. The second kappa shape index (κ2) is 29.2. The molecule has 0 atom stereocenters. The van der Waals surface area contributed by atoms with Crippen molar-refractivity contribution in [1.29, 1.82) is 0 Å². The molecule has 0 saturated carbocycles. The number of hydrogen-bond acceptors (Lipinski definition) is 5. The van der Waals surface area contributed by atoms with Gasteiger partial charge < -0.3 is 14.2 Å². The van der Waals surface area contributed by atoms with Gasteiger partial charge in [0.15, 0.2) is 0 Å². The Morgan fingerprint density at radius 3 is 1.58 bits per heavy atom. The van der Waals surface area contributed by atoms with Crippen molar-refractivity contribution in [2.45, 2.75) is 200 Å². The van der Waals surface area contributed by atoms with Gasteiger partial charge in [-0.15, -0.1) is 0 Å². The fourth-order valence-electron chi connectivity index (χ4n) is 9.83. The maximum atomic E-state index is 13.7. The van der Waals surface area contributed by atoms with Crippen LogP contribution in [0.1, 0.15) is 215 Å². The number of rotatable bonds is 34. The third-order valence-electron chi connectivity index (χ3n) is 13.8. The lowest BCUT2D eigenvalue weighted by molar-refractivity contribution is -0.139. The maximum absolute atomic E-state index is 13.7. The molecule has 0 fully saturated rings. The molecule has 0 amide bonds. The Kier molecular flexibility index (Phi) is 23.1. The highest BCUT2D eigenvalue weighted by atomic mass is 16.5. The zero-order chi connectivity index (χ0) is 46.8. The Morgan fingerprint density at radius 2 is 0.985 bits per heavy atom. The predicted octanol–water partition coefficient (Wildman–Crippen LogP) is 17.7. The van der Waals surface area contributed by atoms with Crippen LogP contribution in [0.5, 0.6) is 11.5 Å². The predicted molar refractivity (Wildman–Crippen MR) is 277 cm³/mol. The van der Waals surface area contributed by atoms with E-state index in [1.54, 1.807) is 19.1 Å². The van der Waals surface area contributed by atoms with Gasteiger partial charge in [0, 0.05) is 11.0 Å². The average Bonchev–Trinajstić information content (AvgIpc) is 3.59. The summed E-state index contributed by atoms with van der Waals surface area (Å²) in [6.45, 7) is 13.1. The van der Waals surface area contributed by atoms with Crippen molar-refractivity contribution in [3.63, 3.8) is 0 Å². The van der Waals surface area contributed by atoms with Crippen molar-refractivity contribution in [2.75, 3.05) is 13.2 Å². The minimum Gasteiger partial charge on any atom is -0.494 e. The summed E-state index contributed by atoms with van der Waals surface area (Å²) in [5.74, 6) is 0.640. The van der Waals surface area contributed by atoms with Crippen LogP contribution in [0.25, 0.3) is 22.3 Å². The molecule has 4 aromatic rings. The minimum atomic E-state index is -0.362. The van der Waals surface area contributed by atoms with Crippen LogP contribution < -0.4 is 9.47 Å². The van der Waals surface area contributed by atoms with E-state index in [1.165, 1.54) is 161 Å². The molecule has 0 N–H and O–H groups in total. The van der Waals surface area contributed by atoms with Gasteiger partial charge in [0.1, 0.15) is 11.5 Å². The molecule has 0 heterocycles. The second-order valence-electron chi connectivity index (χ2n) is 19.2. The van der Waals surface area contributed by atoms with Crippen LogP contribution in [0, 0.1) is 0 Å². The highest BCUT2D eigenvalue weighted by molar-refractivity contribution is 5.92. The molecule has 5 heteroatoms. The summed E-state index contributed by atoms with van der Waals surface area (Å²) in [5.41, 5.74) is 10.2. The van der Waals surface area contributed by atoms with E-state index in [4.69, 9.17) is 14.2 Å². The summed E-state index contributed by atoms with van der Waals surface area (Å²) in [6, 6.07) is 30.3. The number of unbranched alkanes of at least 4 members (excludes halogenated alkanes) is 19. The van der Waals surface area contributed by atoms with Gasteiger partial charge in [0.25, 0.3) is 0 Å². The van der Waals surface area contributed by atoms with Gasteiger partial charge >= 0.3 is 11.9 Å². The third-order valence-corrected chi connectivity index (χ3v) is 13.8. The quantitative estimate of drug-likeness (QED) is 0.0202. The molecule has 0 radical (unpaired) electrons. The molecular weight excluding hydrogens is 813 g/mol. The number of aryl methyl sites for hydroxylation is 1. The van der Waals surface area contributed by atoms with Gasteiger partial charge in [0.05, 0.1) is 18.8 Å². The zero-order valence-corrected chi connectivity index (χ0v) is 41.6. The Morgan fingerprint density at radius 1 is 0.500 bits per heavy atom. The molecule has 0 aromatic heterocycles. The van der Waals surface area contributed by atoms with Crippen LogP contribution in [-0.4, -0.2) is 25.2 Å². The Balaban J connectivity index is 1.31. The van der Waals surface area contributed by atoms with E-state index in [1.807, 2.05) is 18.2 Å². The van der Waals surface area contributed by atoms with Crippen molar-refractivity contribution in [2.24, 2.45) is 0 Å². The Bertz CT molecular complexity index is 2030. The van der Waals surface area contributed by atoms with E-state index in [2.05, 4.69) is 81.9 Å². The van der Waals surface area contributed by atoms with Crippen LogP contribution in [0.3, 0.4) is 0 Å². The van der Waals surface area contributed by atoms with Crippen molar-refractivity contribution >= 4 is 11.9 Å². The average molecular weight is 897 g/mol. The van der Waals surface area contributed by atoms with E-state index in [-0.39, 0.29) is 17.4 Å². The highest BCUT2D eigenvalue weighted by Crippen LogP contribution is 2.56. The van der Waals surface area contributed by atoms with Crippen LogP contribution >= 0.6 is 0 Å². The first-order chi connectivity index (χ1) is 32.3. The van der Waals surface area contributed by atoms with E-state index >= 15 is 0 Å². The first kappa shape index (κ1) is 52.3. The lowest BCUT2D eigenvalue weighted by Gasteiger charge is -2.33. The number of carbonyl (C=O) groups is 2. The first-order valence-corrected chi connectivity index (χ1v) is 26.5. The Labute approximate surface area is 400 Å². The molecule has 358 valence electrons. The van der Waals surface area contributed by atoms with E-state index in [0.717, 1.165) is 50.7 Å². The lowest BCUT2D eigenvalue weighted by atomic mass is 9.70. The normalized spacial score (nSPS) is 12.4. The Hall–Kier alpha value is -4.64. The molecule has 0 saturated heterocycles. The molecule has 5 nitrogen and oxygen atoms in total. The van der Waals surface area contributed by atoms with Crippen LogP contribution in [-0.2, 0) is 21.4 Å². The number of hydrogen-bond donors (Lipinski definition) is 0. The van der Waals surface area contributed by atoms with E-state index in [0.29, 0.717) is 30.1 Å². The van der Waals surface area contributed by atoms with Crippen LogP contribution in [0.4, 0.5) is 0 Å². The fourth-order valence-corrected chi connectivity index (χ4v) is 9.83. The SMILES string of the molecule is C=C(C)C(=O)OCCCCCCOc1ccc(C(=O)Oc2ccc3c(c2)C(CCCCCCCC)(CCCCCCCC)c2cc(-c4ccc(CCCCCCCCC)cc4)ccc2-3)cc1. The molecule has 0 unspecified atom stereocenters. The lowest BCUT2D eigenvalue weighted by Crippen LogP contribution is -2.26. The van der Waals surface area contributed by atoms with Gasteiger partial charge in [0.2, 0.25) is 0 Å². The summed E-state index contributed by atoms with van der Waals surface area (Å²) >= 11 is 0. The standard InChI is InChI=1S/C61H84O5/c1-6-9-12-15-18-19-24-29-49-30-32-50(33-31-49)52-36-40-55-56-41-39-54(66-60(63)51-34-37-53(38-35-51)64-44-27-22-23-28-45-65-59(62)48(4)5)47-58(56)61(57(55)46-52,42-25-20-16-13-10-7-2)43-26-21-17-14-11-8-3/h30-41,46-47H,4,6-29,42-45H2,1-3,5H3. The molecule has 5 rings (SSSR count). The topological polar surface area (TPSA) is 61.8 Å². The van der Waals surface area contributed by atoms with E-state index < -0.39 is 0 Å². The summed E-state index contributed by atoms with van der Waals surface area (Å²) in [5, 5.41) is 0. The minimum absolute atomic E-state index is 0.147. The van der Waals surface area contributed by atoms with Gasteiger partial charge in [-0.3, -0.25) is 0 Å². The number of esters is 2. The van der Waals surface area contributed by atoms with Gasteiger partial charge in [-0.05, 0) is 140 Å². The van der Waals surface area contributed by atoms with Crippen molar-refractivity contribution < 1.29 is 23.8 Å². The van der Waals surface area contributed by atoms with Crippen LogP contribution in [0.15, 0.2) is 97.1 Å². The molecule has 4 aromatic carbocycles. The zero-order valence-electron chi connectivity index (χ0n) is 41.6. The van der Waals surface area contributed by atoms with E-state index in [9.17, 15) is 9.59 Å². The molecule has 1 aliphatic carbocycles. The fraction of sp³-hybridized carbons (Fsp3) is 0.541. The molecule has 0 spiro atoms. The summed E-state index contributed by atoms with van der Waals surface area (Å²) in [7, 11) is 0. The molecule has 0 bridgehead atoms. The smallest absolute Gasteiger partial charge is 0.343 e. The third kappa shape index (κ3) is 16.3. The van der Waals surface area contributed by atoms with Crippen molar-refractivity contribution in [3.05, 3.63) is 119 Å². The molecule has 0 aliphatic heterocycles. The first-order valence-electron chi connectivity index (χ1n) is 26.5. The van der Waals surface area contributed by atoms with Gasteiger partial charge in [-0.2, -0.15) is 0 Å². The molecular formula is C61H84O5. The highest BCUT2D eigenvalue weighted by Gasteiger charge is 2.43. The number of benzene rings is 4. The number of carbonyl (C=O) groups excluding carboxylic acids is 2. The van der Waals surface area contributed by atoms with Gasteiger partial charge in [-0.25, -0.2) is 9.59 Å². The summed E-state index contributed by atoms with van der Waals surface area (Å²) < 4.78 is 17.4. The second-order valence-corrected chi connectivity index (χ2v) is 19.2. The number of ether oxygens (including phenoxy) is 3. The maximum Gasteiger partial charge on any atom is 0.343 e. The summed E-state index contributed by atoms with van der Waals surface area (Å²) in [4.78, 5) is 25.3. The molecule has 66 heavy (non-hydrogen) atoms. The largest absolute Gasteiger partial charge is 0.494 e.